The summed E-state index contributed by atoms with van der Waals surface area (Å²) in [6, 6.07) is 12.7. The number of alkyl halides is 3. The first kappa shape index (κ1) is 22.9. The van der Waals surface area contributed by atoms with E-state index in [1.54, 1.807) is 11.6 Å². The maximum atomic E-state index is 13.3. The molecule has 2 aromatic carbocycles. The second-order valence-electron chi connectivity index (χ2n) is 7.50. The van der Waals surface area contributed by atoms with Crippen LogP contribution in [0.3, 0.4) is 0 Å². The lowest BCUT2D eigenvalue weighted by molar-refractivity contribution is -0.137. The molecule has 0 bridgehead atoms. The first-order chi connectivity index (χ1) is 14.6. The Bertz CT molecular complexity index is 1080. The van der Waals surface area contributed by atoms with Gasteiger partial charge in [-0.05, 0) is 30.5 Å². The molecule has 3 rings (SSSR count). The highest BCUT2D eigenvalue weighted by atomic mass is 32.2. The summed E-state index contributed by atoms with van der Waals surface area (Å²) in [5.41, 5.74) is 0.826. The maximum Gasteiger partial charge on any atom is 0.418 e. The predicted molar refractivity (Wildman–Crippen MR) is 116 cm³/mol. The van der Waals surface area contributed by atoms with Crippen molar-refractivity contribution in [3.8, 4) is 11.4 Å². The van der Waals surface area contributed by atoms with E-state index in [0.29, 0.717) is 11.0 Å². The number of amides is 1. The van der Waals surface area contributed by atoms with Gasteiger partial charge in [-0.3, -0.25) is 4.79 Å². The minimum Gasteiger partial charge on any atom is -0.325 e. The van der Waals surface area contributed by atoms with Gasteiger partial charge in [0.2, 0.25) is 5.91 Å². The first-order valence-corrected chi connectivity index (χ1v) is 10.6. The SMILES string of the molecule is Cc1ccccc1-c1nnc(SC(C(=O)Nc2ccccc2C(F)(F)F)C(C)C)n1C. The first-order valence-electron chi connectivity index (χ1n) is 9.68. The summed E-state index contributed by atoms with van der Waals surface area (Å²) in [6.45, 7) is 5.65. The molecule has 1 atom stereocenters. The van der Waals surface area contributed by atoms with Gasteiger partial charge in [0.1, 0.15) is 0 Å². The average Bonchev–Trinajstić information content (AvgIpc) is 3.06. The third-order valence-electron chi connectivity index (χ3n) is 4.81. The number of carbonyl (C=O) groups is 1. The fourth-order valence-electron chi connectivity index (χ4n) is 3.12. The van der Waals surface area contributed by atoms with Crippen LogP contribution in [0.1, 0.15) is 25.0 Å². The topological polar surface area (TPSA) is 59.8 Å². The maximum absolute atomic E-state index is 13.3. The van der Waals surface area contributed by atoms with Gasteiger partial charge in [0.15, 0.2) is 11.0 Å². The van der Waals surface area contributed by atoms with E-state index in [2.05, 4.69) is 15.5 Å². The van der Waals surface area contributed by atoms with Gasteiger partial charge in [-0.15, -0.1) is 10.2 Å². The molecule has 0 radical (unpaired) electrons. The number of para-hydroxylation sites is 1. The number of rotatable bonds is 6. The molecule has 0 aliphatic rings. The Balaban J connectivity index is 1.85. The second kappa shape index (κ2) is 9.13. The van der Waals surface area contributed by atoms with Crippen LogP contribution in [0, 0.1) is 12.8 Å². The highest BCUT2D eigenvalue weighted by Gasteiger charge is 2.35. The molecular formula is C22H23F3N4OS. The van der Waals surface area contributed by atoms with E-state index in [1.807, 2.05) is 45.0 Å². The number of aryl methyl sites for hydroxylation is 1. The number of thioether (sulfide) groups is 1. The number of benzene rings is 2. The number of carbonyl (C=O) groups excluding carboxylic acids is 1. The van der Waals surface area contributed by atoms with Crippen molar-refractivity contribution in [2.45, 2.75) is 37.4 Å². The molecule has 9 heteroatoms. The molecule has 0 aliphatic heterocycles. The number of halogens is 3. The van der Waals surface area contributed by atoms with Crippen LogP contribution < -0.4 is 5.32 Å². The van der Waals surface area contributed by atoms with E-state index in [-0.39, 0.29) is 11.6 Å². The molecule has 0 saturated heterocycles. The van der Waals surface area contributed by atoms with Crippen molar-refractivity contribution in [1.29, 1.82) is 0 Å². The van der Waals surface area contributed by atoms with Crippen LogP contribution in [-0.4, -0.2) is 25.9 Å². The fraction of sp³-hybridized carbons (Fsp3) is 0.318. The van der Waals surface area contributed by atoms with Gasteiger partial charge in [0.05, 0.1) is 16.5 Å². The largest absolute Gasteiger partial charge is 0.418 e. The average molecular weight is 449 g/mol. The Kier molecular flexibility index (Phi) is 6.74. The molecule has 0 saturated carbocycles. The van der Waals surface area contributed by atoms with Crippen molar-refractivity contribution < 1.29 is 18.0 Å². The number of hydrogen-bond acceptors (Lipinski definition) is 4. The molecule has 1 aromatic heterocycles. The van der Waals surface area contributed by atoms with Gasteiger partial charge in [-0.2, -0.15) is 13.2 Å². The second-order valence-corrected chi connectivity index (χ2v) is 8.60. The lowest BCUT2D eigenvalue weighted by Gasteiger charge is -2.21. The molecule has 0 spiro atoms. The van der Waals surface area contributed by atoms with Crippen LogP contribution in [-0.2, 0) is 18.0 Å². The van der Waals surface area contributed by atoms with Gasteiger partial charge < -0.3 is 9.88 Å². The zero-order valence-corrected chi connectivity index (χ0v) is 18.4. The van der Waals surface area contributed by atoms with E-state index in [4.69, 9.17) is 0 Å². The van der Waals surface area contributed by atoms with Crippen LogP contribution in [0.2, 0.25) is 0 Å². The molecule has 1 unspecified atom stereocenters. The number of hydrogen-bond donors (Lipinski definition) is 1. The van der Waals surface area contributed by atoms with E-state index < -0.39 is 22.9 Å². The molecule has 1 N–H and O–H groups in total. The van der Waals surface area contributed by atoms with Gasteiger partial charge in [-0.1, -0.05) is 62.0 Å². The van der Waals surface area contributed by atoms with Crippen LogP contribution in [0.5, 0.6) is 0 Å². The molecule has 31 heavy (non-hydrogen) atoms. The minimum absolute atomic E-state index is 0.151. The van der Waals surface area contributed by atoms with Gasteiger partial charge in [0.25, 0.3) is 0 Å². The number of aromatic nitrogens is 3. The fourth-order valence-corrected chi connectivity index (χ4v) is 4.12. The van der Waals surface area contributed by atoms with Crippen LogP contribution in [0.15, 0.2) is 53.7 Å². The zero-order chi connectivity index (χ0) is 22.8. The summed E-state index contributed by atoms with van der Waals surface area (Å²) in [5, 5.41) is 10.8. The van der Waals surface area contributed by atoms with Crippen molar-refractivity contribution in [3.63, 3.8) is 0 Å². The van der Waals surface area contributed by atoms with Crippen molar-refractivity contribution in [2.24, 2.45) is 13.0 Å². The van der Waals surface area contributed by atoms with Gasteiger partial charge in [0, 0.05) is 12.6 Å². The number of anilines is 1. The molecule has 164 valence electrons. The van der Waals surface area contributed by atoms with E-state index in [1.165, 1.54) is 30.0 Å². The number of nitrogens with one attached hydrogen (secondary N) is 1. The minimum atomic E-state index is -4.56. The molecule has 1 amide bonds. The van der Waals surface area contributed by atoms with Crippen LogP contribution in [0.4, 0.5) is 18.9 Å². The van der Waals surface area contributed by atoms with Gasteiger partial charge >= 0.3 is 6.18 Å². The lowest BCUT2D eigenvalue weighted by atomic mass is 10.1. The Hall–Kier alpha value is -2.81. The molecule has 0 aliphatic carbocycles. The quantitative estimate of drug-likeness (QED) is 0.501. The third kappa shape index (κ3) is 5.10. The normalized spacial score (nSPS) is 12.8. The summed E-state index contributed by atoms with van der Waals surface area (Å²) < 4.78 is 41.6. The van der Waals surface area contributed by atoms with Gasteiger partial charge in [-0.25, -0.2) is 0 Å². The molecule has 1 heterocycles. The van der Waals surface area contributed by atoms with Crippen molar-refractivity contribution in [3.05, 3.63) is 59.7 Å². The Labute approximate surface area is 183 Å². The highest BCUT2D eigenvalue weighted by molar-refractivity contribution is 8.00. The summed E-state index contributed by atoms with van der Waals surface area (Å²) >= 11 is 1.18. The van der Waals surface area contributed by atoms with Crippen molar-refractivity contribution in [1.82, 2.24) is 14.8 Å². The van der Waals surface area contributed by atoms with Crippen LogP contribution in [0.25, 0.3) is 11.4 Å². The Morgan fingerprint density at radius 1 is 1.06 bits per heavy atom. The van der Waals surface area contributed by atoms with Crippen molar-refractivity contribution >= 4 is 23.4 Å². The molecule has 5 nitrogen and oxygen atoms in total. The van der Waals surface area contributed by atoms with Crippen LogP contribution >= 0.6 is 11.8 Å². The summed E-state index contributed by atoms with van der Waals surface area (Å²) in [5.74, 6) is -0.00951. The monoisotopic (exact) mass is 448 g/mol. The summed E-state index contributed by atoms with van der Waals surface area (Å²) in [4.78, 5) is 12.9. The van der Waals surface area contributed by atoms with E-state index in [0.717, 1.165) is 17.2 Å². The van der Waals surface area contributed by atoms with Crippen molar-refractivity contribution in [2.75, 3.05) is 5.32 Å². The summed E-state index contributed by atoms with van der Waals surface area (Å²) in [7, 11) is 1.80. The molecular weight excluding hydrogens is 425 g/mol. The predicted octanol–water partition coefficient (Wildman–Crippen LogP) is 5.56. The zero-order valence-electron chi connectivity index (χ0n) is 17.6. The summed E-state index contributed by atoms with van der Waals surface area (Å²) in [6.07, 6.45) is -4.56. The van der Waals surface area contributed by atoms with E-state index >= 15 is 0 Å². The standard InChI is InChI=1S/C22H23F3N4OS/c1-13(2)18(20(30)26-17-12-8-7-11-16(17)22(23,24)25)31-21-28-27-19(29(21)4)15-10-6-5-9-14(15)3/h5-13,18H,1-4H3,(H,26,30). The Morgan fingerprint density at radius 2 is 1.71 bits per heavy atom. The molecule has 3 aromatic rings. The highest BCUT2D eigenvalue weighted by Crippen LogP contribution is 2.36. The lowest BCUT2D eigenvalue weighted by Crippen LogP contribution is -2.30. The molecule has 0 fully saturated rings. The van der Waals surface area contributed by atoms with E-state index in [9.17, 15) is 18.0 Å². The smallest absolute Gasteiger partial charge is 0.325 e. The Morgan fingerprint density at radius 3 is 2.35 bits per heavy atom. The third-order valence-corrected chi connectivity index (χ3v) is 6.39. The number of nitrogens with zero attached hydrogens (tertiary/aromatic N) is 3.